The number of H-pyrrole nitrogens is 1. The molecule has 0 unspecified atom stereocenters. The molecule has 3 aromatic rings. The molecule has 3 heterocycles. The third kappa shape index (κ3) is 2.85. The maximum atomic E-state index is 14.0. The lowest BCUT2D eigenvalue weighted by Crippen LogP contribution is -2.30. The molecule has 124 valence electrons. The summed E-state index contributed by atoms with van der Waals surface area (Å²) in [6, 6.07) is 3.56. The molecule has 0 aliphatic carbocycles. The molecule has 1 aromatic carbocycles. The number of thiazole rings is 1. The van der Waals surface area contributed by atoms with Gasteiger partial charge in [-0.25, -0.2) is 18.7 Å². The lowest BCUT2D eigenvalue weighted by atomic mass is 10.1. The topological polar surface area (TPSA) is 44.8 Å². The van der Waals surface area contributed by atoms with E-state index in [4.69, 9.17) is 0 Å². The lowest BCUT2D eigenvalue weighted by molar-refractivity contribution is 0.243. The van der Waals surface area contributed by atoms with Crippen molar-refractivity contribution in [1.29, 1.82) is 0 Å². The van der Waals surface area contributed by atoms with Gasteiger partial charge in [0.15, 0.2) is 0 Å². The van der Waals surface area contributed by atoms with E-state index in [0.29, 0.717) is 11.4 Å². The molecule has 0 radical (unpaired) electrons. The van der Waals surface area contributed by atoms with Gasteiger partial charge in [0.05, 0.1) is 28.2 Å². The van der Waals surface area contributed by atoms with Crippen LogP contribution < -0.4 is 0 Å². The SMILES string of the molecule is Cc1ncsc1CN1CCc2nc(-c3ccc(F)cc3F)[nH]c2C1. The van der Waals surface area contributed by atoms with Crippen molar-refractivity contribution in [2.75, 3.05) is 6.54 Å². The van der Waals surface area contributed by atoms with Gasteiger partial charge in [0.2, 0.25) is 0 Å². The monoisotopic (exact) mass is 346 g/mol. The zero-order valence-electron chi connectivity index (χ0n) is 13.1. The number of fused-ring (bicyclic) bond motifs is 1. The Labute approximate surface area is 142 Å². The summed E-state index contributed by atoms with van der Waals surface area (Å²) in [5, 5.41) is 0. The minimum absolute atomic E-state index is 0.302. The predicted molar refractivity (Wildman–Crippen MR) is 88.6 cm³/mol. The molecule has 1 aliphatic heterocycles. The van der Waals surface area contributed by atoms with Crippen molar-refractivity contribution in [2.24, 2.45) is 0 Å². The first-order valence-electron chi connectivity index (χ1n) is 7.74. The van der Waals surface area contributed by atoms with Gasteiger partial charge in [0.25, 0.3) is 0 Å². The van der Waals surface area contributed by atoms with Gasteiger partial charge in [-0.3, -0.25) is 4.90 Å². The summed E-state index contributed by atoms with van der Waals surface area (Å²) in [4.78, 5) is 15.6. The van der Waals surface area contributed by atoms with Crippen LogP contribution >= 0.6 is 11.3 Å². The van der Waals surface area contributed by atoms with Crippen molar-refractivity contribution < 1.29 is 8.78 Å². The Balaban J connectivity index is 1.57. The van der Waals surface area contributed by atoms with Gasteiger partial charge in [-0.2, -0.15) is 0 Å². The molecule has 1 N–H and O–H groups in total. The van der Waals surface area contributed by atoms with Crippen LogP contribution in [0.25, 0.3) is 11.4 Å². The normalized spacial score (nSPS) is 14.8. The van der Waals surface area contributed by atoms with Crippen LogP contribution in [0.2, 0.25) is 0 Å². The second-order valence-corrected chi connectivity index (χ2v) is 6.90. The standard InChI is InChI=1S/C17H16F2N4S/c1-10-16(24-9-20-10)8-23-5-4-14-15(7-23)22-17(21-14)12-3-2-11(18)6-13(12)19/h2-3,6,9H,4-5,7-8H2,1H3,(H,21,22). The van der Waals surface area contributed by atoms with E-state index in [2.05, 4.69) is 19.9 Å². The largest absolute Gasteiger partial charge is 0.340 e. The Kier molecular flexibility index (Phi) is 3.90. The summed E-state index contributed by atoms with van der Waals surface area (Å²) < 4.78 is 27.0. The van der Waals surface area contributed by atoms with Crippen molar-refractivity contribution in [1.82, 2.24) is 19.9 Å². The summed E-state index contributed by atoms with van der Waals surface area (Å²) in [5.41, 5.74) is 5.21. The van der Waals surface area contributed by atoms with Crippen LogP contribution in [0.3, 0.4) is 0 Å². The first kappa shape index (κ1) is 15.4. The van der Waals surface area contributed by atoms with E-state index in [1.165, 1.54) is 17.0 Å². The van der Waals surface area contributed by atoms with Gasteiger partial charge in [-0.05, 0) is 19.1 Å². The molecular formula is C17H16F2N4S. The molecule has 0 fully saturated rings. The summed E-state index contributed by atoms with van der Waals surface area (Å²) >= 11 is 1.67. The highest BCUT2D eigenvalue weighted by Crippen LogP contribution is 2.26. The molecule has 4 nitrogen and oxygen atoms in total. The van der Waals surface area contributed by atoms with Gasteiger partial charge >= 0.3 is 0 Å². The highest BCUT2D eigenvalue weighted by molar-refractivity contribution is 7.09. The molecule has 1 aliphatic rings. The van der Waals surface area contributed by atoms with Crippen molar-refractivity contribution in [3.05, 3.63) is 57.3 Å². The van der Waals surface area contributed by atoms with E-state index in [1.54, 1.807) is 11.3 Å². The number of nitrogens with zero attached hydrogens (tertiary/aromatic N) is 3. The van der Waals surface area contributed by atoms with Gasteiger partial charge < -0.3 is 4.98 Å². The van der Waals surface area contributed by atoms with Crippen molar-refractivity contribution in [3.63, 3.8) is 0 Å². The first-order chi connectivity index (χ1) is 11.6. The van der Waals surface area contributed by atoms with Crippen LogP contribution in [0.15, 0.2) is 23.7 Å². The summed E-state index contributed by atoms with van der Waals surface area (Å²) in [6.07, 6.45) is 0.812. The van der Waals surface area contributed by atoms with Gasteiger partial charge in [-0.1, -0.05) is 0 Å². The Bertz CT molecular complexity index is 887. The number of imidazole rings is 1. The first-order valence-corrected chi connectivity index (χ1v) is 8.62. The average molecular weight is 346 g/mol. The maximum Gasteiger partial charge on any atom is 0.140 e. The van der Waals surface area contributed by atoms with Crippen molar-refractivity contribution >= 4 is 11.3 Å². The van der Waals surface area contributed by atoms with Crippen LogP contribution in [0.4, 0.5) is 8.78 Å². The number of halogens is 2. The van der Waals surface area contributed by atoms with E-state index >= 15 is 0 Å². The van der Waals surface area contributed by atoms with Crippen molar-refractivity contribution in [2.45, 2.75) is 26.4 Å². The van der Waals surface area contributed by atoms with Crippen LogP contribution in [0.5, 0.6) is 0 Å². The van der Waals surface area contributed by atoms with E-state index < -0.39 is 11.6 Å². The number of hydrogen-bond donors (Lipinski definition) is 1. The third-order valence-electron chi connectivity index (χ3n) is 4.31. The van der Waals surface area contributed by atoms with E-state index in [0.717, 1.165) is 49.2 Å². The smallest absolute Gasteiger partial charge is 0.140 e. The molecule has 0 saturated carbocycles. The molecule has 0 saturated heterocycles. The van der Waals surface area contributed by atoms with Crippen LogP contribution in [0.1, 0.15) is 22.0 Å². The van der Waals surface area contributed by atoms with Crippen LogP contribution in [-0.2, 0) is 19.5 Å². The molecule has 4 rings (SSSR count). The number of aromatic amines is 1. The molecule has 2 aromatic heterocycles. The molecule has 24 heavy (non-hydrogen) atoms. The van der Waals surface area contributed by atoms with E-state index in [1.807, 2.05) is 12.4 Å². The number of aryl methyl sites for hydroxylation is 1. The Morgan fingerprint density at radius 2 is 2.21 bits per heavy atom. The molecule has 0 atom stereocenters. The number of benzene rings is 1. The number of aromatic nitrogens is 3. The lowest BCUT2D eigenvalue weighted by Gasteiger charge is -2.25. The van der Waals surface area contributed by atoms with Gasteiger partial charge in [-0.15, -0.1) is 11.3 Å². The van der Waals surface area contributed by atoms with Crippen LogP contribution in [-0.4, -0.2) is 26.4 Å². The van der Waals surface area contributed by atoms with Crippen molar-refractivity contribution in [3.8, 4) is 11.4 Å². The summed E-state index contributed by atoms with van der Waals surface area (Å²) in [6.45, 7) is 4.52. The fourth-order valence-electron chi connectivity index (χ4n) is 2.97. The Morgan fingerprint density at radius 1 is 1.33 bits per heavy atom. The maximum absolute atomic E-state index is 14.0. The summed E-state index contributed by atoms with van der Waals surface area (Å²) in [7, 11) is 0. The van der Waals surface area contributed by atoms with Gasteiger partial charge in [0.1, 0.15) is 17.5 Å². The quantitative estimate of drug-likeness (QED) is 0.787. The summed E-state index contributed by atoms with van der Waals surface area (Å²) in [5.74, 6) is -0.717. The second kappa shape index (κ2) is 6.07. The Hall–Kier alpha value is -2.12. The fraction of sp³-hybridized carbons (Fsp3) is 0.294. The van der Waals surface area contributed by atoms with Gasteiger partial charge in [0, 0.05) is 37.0 Å². The molecule has 0 amide bonds. The number of rotatable bonds is 3. The van der Waals surface area contributed by atoms with Crippen LogP contribution in [0, 0.1) is 18.6 Å². The predicted octanol–water partition coefficient (Wildman–Crippen LogP) is 3.68. The highest BCUT2D eigenvalue weighted by atomic mass is 32.1. The minimum Gasteiger partial charge on any atom is -0.340 e. The molecular weight excluding hydrogens is 330 g/mol. The fourth-order valence-corrected chi connectivity index (χ4v) is 3.79. The second-order valence-electron chi connectivity index (χ2n) is 5.96. The molecule has 7 heteroatoms. The highest BCUT2D eigenvalue weighted by Gasteiger charge is 2.22. The Morgan fingerprint density at radius 3 is 2.96 bits per heavy atom. The zero-order chi connectivity index (χ0) is 16.7. The number of nitrogens with one attached hydrogen (secondary N) is 1. The average Bonchev–Trinajstić information content (AvgIpc) is 3.13. The third-order valence-corrected chi connectivity index (χ3v) is 5.23. The molecule has 0 spiro atoms. The zero-order valence-corrected chi connectivity index (χ0v) is 14.0. The van der Waals surface area contributed by atoms with E-state index in [-0.39, 0.29) is 0 Å². The molecule has 0 bridgehead atoms. The number of hydrogen-bond acceptors (Lipinski definition) is 4. The minimum atomic E-state index is -0.599. The van der Waals surface area contributed by atoms with E-state index in [9.17, 15) is 8.78 Å².